The Labute approximate surface area is 170 Å². The summed E-state index contributed by atoms with van der Waals surface area (Å²) in [5.74, 6) is 0.843. The fraction of sp³-hybridized carbons (Fsp3) is 0.273. The molecule has 0 radical (unpaired) electrons. The van der Waals surface area contributed by atoms with Gasteiger partial charge in [-0.2, -0.15) is 0 Å². The van der Waals surface area contributed by atoms with Crippen molar-refractivity contribution in [1.29, 1.82) is 0 Å². The van der Waals surface area contributed by atoms with Crippen molar-refractivity contribution in [1.82, 2.24) is 10.6 Å². The van der Waals surface area contributed by atoms with Crippen LogP contribution in [-0.4, -0.2) is 25.7 Å². The lowest BCUT2D eigenvalue weighted by atomic mass is 9.94. The van der Waals surface area contributed by atoms with Crippen LogP contribution >= 0.6 is 0 Å². The molecule has 29 heavy (non-hydrogen) atoms. The number of carbonyl (C=O) groups is 2. The van der Waals surface area contributed by atoms with Crippen LogP contribution in [0.2, 0.25) is 0 Å². The highest BCUT2D eigenvalue weighted by atomic mass is 16.5. The summed E-state index contributed by atoms with van der Waals surface area (Å²) in [7, 11) is 1.55. The first-order chi connectivity index (χ1) is 13.9. The quantitative estimate of drug-likeness (QED) is 0.696. The number of hydrogen-bond acceptors (Lipinski definition) is 4. The van der Waals surface area contributed by atoms with Crippen molar-refractivity contribution in [3.05, 3.63) is 64.9 Å². The topological polar surface area (TPSA) is 88.7 Å². The van der Waals surface area contributed by atoms with Gasteiger partial charge in [0.2, 0.25) is 0 Å². The Bertz CT molecular complexity index is 951. The second-order valence-corrected chi connectivity index (χ2v) is 6.73. The van der Waals surface area contributed by atoms with Gasteiger partial charge >= 0.3 is 6.03 Å². The van der Waals surface area contributed by atoms with E-state index < -0.39 is 6.04 Å². The first-order valence-corrected chi connectivity index (χ1v) is 9.40. The summed E-state index contributed by atoms with van der Waals surface area (Å²) >= 11 is 0. The summed E-state index contributed by atoms with van der Waals surface area (Å²) in [5, 5.41) is 8.40. The third kappa shape index (κ3) is 4.51. The van der Waals surface area contributed by atoms with Gasteiger partial charge in [-0.25, -0.2) is 4.79 Å². The molecule has 2 aromatic carbocycles. The molecule has 3 amide bonds. The van der Waals surface area contributed by atoms with Crippen LogP contribution in [-0.2, 0) is 4.79 Å². The van der Waals surface area contributed by atoms with Crippen LogP contribution < -0.4 is 25.4 Å². The molecular weight excluding hydrogens is 370 g/mol. The summed E-state index contributed by atoms with van der Waals surface area (Å²) in [5.41, 5.74) is 3.42. The Morgan fingerprint density at radius 2 is 1.83 bits per heavy atom. The smallest absolute Gasteiger partial charge is 0.319 e. The molecule has 0 saturated heterocycles. The van der Waals surface area contributed by atoms with Crippen LogP contribution in [0.5, 0.6) is 11.5 Å². The number of hydrogen-bond donors (Lipinski definition) is 3. The molecule has 2 aromatic rings. The van der Waals surface area contributed by atoms with Crippen LogP contribution in [0.15, 0.2) is 53.7 Å². The van der Waals surface area contributed by atoms with Crippen molar-refractivity contribution in [3.8, 4) is 11.5 Å². The fourth-order valence-corrected chi connectivity index (χ4v) is 3.22. The zero-order valence-electron chi connectivity index (χ0n) is 17.0. The number of aryl methyl sites for hydroxylation is 1. The molecule has 3 rings (SSSR count). The number of amides is 3. The van der Waals surface area contributed by atoms with Gasteiger partial charge in [0.1, 0.15) is 0 Å². The molecule has 152 valence electrons. The van der Waals surface area contributed by atoms with Gasteiger partial charge in [-0.3, -0.25) is 4.79 Å². The molecule has 1 heterocycles. The number of nitrogens with one attached hydrogen (secondary N) is 3. The predicted octanol–water partition coefficient (Wildman–Crippen LogP) is 3.67. The number of benzene rings is 2. The Hall–Kier alpha value is -3.48. The zero-order valence-corrected chi connectivity index (χ0v) is 17.0. The van der Waals surface area contributed by atoms with E-state index in [2.05, 4.69) is 16.0 Å². The van der Waals surface area contributed by atoms with Gasteiger partial charge < -0.3 is 25.4 Å². The Morgan fingerprint density at radius 1 is 1.10 bits per heavy atom. The fourth-order valence-electron chi connectivity index (χ4n) is 3.22. The SMILES string of the molecule is CCOc1ccc([C@H]2NC(=O)NC(C)=C2C(=O)Nc2ccc(C)cc2)cc1OC. The van der Waals surface area contributed by atoms with Crippen LogP contribution in [0.3, 0.4) is 0 Å². The van der Waals surface area contributed by atoms with Gasteiger partial charge in [-0.15, -0.1) is 0 Å². The number of anilines is 1. The molecule has 0 aromatic heterocycles. The van der Waals surface area contributed by atoms with E-state index in [9.17, 15) is 9.59 Å². The molecule has 3 N–H and O–H groups in total. The van der Waals surface area contributed by atoms with E-state index in [0.717, 1.165) is 5.56 Å². The maximum atomic E-state index is 13.1. The Balaban J connectivity index is 1.95. The van der Waals surface area contributed by atoms with E-state index in [1.807, 2.05) is 44.2 Å². The average molecular weight is 395 g/mol. The number of urea groups is 1. The Morgan fingerprint density at radius 3 is 2.48 bits per heavy atom. The van der Waals surface area contributed by atoms with Crippen LogP contribution in [0.1, 0.15) is 31.0 Å². The van der Waals surface area contributed by atoms with Gasteiger partial charge in [0.05, 0.1) is 25.3 Å². The first-order valence-electron chi connectivity index (χ1n) is 9.40. The minimum atomic E-state index is -0.626. The number of ether oxygens (including phenoxy) is 2. The third-order valence-electron chi connectivity index (χ3n) is 4.64. The number of carbonyl (C=O) groups excluding carboxylic acids is 2. The molecule has 0 spiro atoms. The Kier molecular flexibility index (Phi) is 6.07. The summed E-state index contributed by atoms with van der Waals surface area (Å²) in [6, 6.07) is 11.9. The summed E-state index contributed by atoms with van der Waals surface area (Å²) < 4.78 is 11.0. The molecule has 0 saturated carbocycles. The van der Waals surface area contributed by atoms with E-state index in [-0.39, 0.29) is 11.9 Å². The average Bonchev–Trinajstić information content (AvgIpc) is 2.69. The second kappa shape index (κ2) is 8.68. The number of allylic oxidation sites excluding steroid dienone is 1. The molecule has 1 aliphatic rings. The van der Waals surface area contributed by atoms with E-state index in [1.165, 1.54) is 0 Å². The van der Waals surface area contributed by atoms with Crippen molar-refractivity contribution in [2.75, 3.05) is 19.0 Å². The van der Waals surface area contributed by atoms with E-state index in [1.54, 1.807) is 26.2 Å². The largest absolute Gasteiger partial charge is 0.493 e. The van der Waals surface area contributed by atoms with Gasteiger partial charge in [-0.1, -0.05) is 23.8 Å². The second-order valence-electron chi connectivity index (χ2n) is 6.73. The number of rotatable bonds is 6. The molecule has 7 nitrogen and oxygen atoms in total. The lowest BCUT2D eigenvalue weighted by Gasteiger charge is -2.29. The zero-order chi connectivity index (χ0) is 21.0. The summed E-state index contributed by atoms with van der Waals surface area (Å²) in [4.78, 5) is 25.2. The summed E-state index contributed by atoms with van der Waals surface area (Å²) in [6.07, 6.45) is 0. The monoisotopic (exact) mass is 395 g/mol. The normalized spacial score (nSPS) is 16.0. The molecule has 0 unspecified atom stereocenters. The van der Waals surface area contributed by atoms with Crippen LogP contribution in [0.25, 0.3) is 0 Å². The molecule has 1 aliphatic heterocycles. The highest BCUT2D eigenvalue weighted by molar-refractivity contribution is 6.06. The predicted molar refractivity (Wildman–Crippen MR) is 111 cm³/mol. The molecule has 7 heteroatoms. The van der Waals surface area contributed by atoms with Crippen molar-refractivity contribution >= 4 is 17.6 Å². The minimum Gasteiger partial charge on any atom is -0.493 e. The molecule has 0 fully saturated rings. The molecular formula is C22H25N3O4. The van der Waals surface area contributed by atoms with E-state index >= 15 is 0 Å². The maximum Gasteiger partial charge on any atom is 0.319 e. The number of methoxy groups -OCH3 is 1. The summed E-state index contributed by atoms with van der Waals surface area (Å²) in [6.45, 7) is 6.08. The standard InChI is InChI=1S/C22H25N3O4/c1-5-29-17-11-8-15(12-18(17)28-4)20-19(14(3)23-22(27)25-20)21(26)24-16-9-6-13(2)7-10-16/h6-12,20H,5H2,1-4H3,(H,24,26)(H2,23,25,27)/t20-/m1/s1. The van der Waals surface area contributed by atoms with E-state index in [0.29, 0.717) is 40.6 Å². The lowest BCUT2D eigenvalue weighted by Crippen LogP contribution is -2.46. The van der Waals surface area contributed by atoms with Gasteiger partial charge in [0.25, 0.3) is 5.91 Å². The van der Waals surface area contributed by atoms with Crippen molar-refractivity contribution < 1.29 is 19.1 Å². The van der Waals surface area contributed by atoms with Gasteiger partial charge in [-0.05, 0) is 50.6 Å². The minimum absolute atomic E-state index is 0.295. The molecule has 0 bridgehead atoms. The highest BCUT2D eigenvalue weighted by Crippen LogP contribution is 2.34. The third-order valence-corrected chi connectivity index (χ3v) is 4.64. The van der Waals surface area contributed by atoms with E-state index in [4.69, 9.17) is 9.47 Å². The molecule has 0 aliphatic carbocycles. The lowest BCUT2D eigenvalue weighted by molar-refractivity contribution is -0.113. The first kappa shape index (κ1) is 20.3. The van der Waals surface area contributed by atoms with Crippen molar-refractivity contribution in [2.24, 2.45) is 0 Å². The van der Waals surface area contributed by atoms with Crippen molar-refractivity contribution in [3.63, 3.8) is 0 Å². The van der Waals surface area contributed by atoms with Crippen molar-refractivity contribution in [2.45, 2.75) is 26.8 Å². The van der Waals surface area contributed by atoms with Crippen LogP contribution in [0.4, 0.5) is 10.5 Å². The van der Waals surface area contributed by atoms with Crippen LogP contribution in [0, 0.1) is 6.92 Å². The van der Waals surface area contributed by atoms with Gasteiger partial charge in [0.15, 0.2) is 11.5 Å². The highest BCUT2D eigenvalue weighted by Gasteiger charge is 2.31. The maximum absolute atomic E-state index is 13.1. The van der Waals surface area contributed by atoms with Gasteiger partial charge in [0, 0.05) is 11.4 Å². The molecule has 1 atom stereocenters.